The van der Waals surface area contributed by atoms with Crippen LogP contribution in [0.15, 0.2) is 36.5 Å². The molecule has 2 N–H and O–H groups in total. The fourth-order valence-corrected chi connectivity index (χ4v) is 3.26. The van der Waals surface area contributed by atoms with E-state index in [0.717, 1.165) is 39.1 Å². The highest BCUT2D eigenvalue weighted by atomic mass is 19.4. The Balaban J connectivity index is 1.63. The van der Waals surface area contributed by atoms with Crippen LogP contribution in [0.3, 0.4) is 0 Å². The summed E-state index contributed by atoms with van der Waals surface area (Å²) in [7, 11) is 1.81. The van der Waals surface area contributed by atoms with Crippen LogP contribution in [0, 0.1) is 6.92 Å². The third-order valence-corrected chi connectivity index (χ3v) is 4.70. The molecular formula is C19H16F3N7O. The summed E-state index contributed by atoms with van der Waals surface area (Å²) >= 11 is 0. The lowest BCUT2D eigenvalue weighted by atomic mass is 10.1. The summed E-state index contributed by atoms with van der Waals surface area (Å²) in [5.74, 6) is 5.34. The maximum atomic E-state index is 12.8. The highest BCUT2D eigenvalue weighted by Gasteiger charge is 2.33. The van der Waals surface area contributed by atoms with Gasteiger partial charge in [-0.2, -0.15) is 23.4 Å². The largest absolute Gasteiger partial charge is 0.435 e. The minimum absolute atomic E-state index is 0.131. The number of carbonyl (C=O) groups excluding carboxylic acids is 1. The van der Waals surface area contributed by atoms with Crippen molar-refractivity contribution in [2.45, 2.75) is 19.6 Å². The van der Waals surface area contributed by atoms with Gasteiger partial charge in [-0.3, -0.25) is 19.5 Å². The Hall–Kier alpha value is -3.60. The van der Waals surface area contributed by atoms with Gasteiger partial charge in [0.15, 0.2) is 5.69 Å². The van der Waals surface area contributed by atoms with Crippen molar-refractivity contribution in [1.82, 2.24) is 30.0 Å². The molecule has 0 fully saturated rings. The number of nitrogens with two attached hydrogens (primary N) is 1. The van der Waals surface area contributed by atoms with E-state index in [-0.39, 0.29) is 12.2 Å². The fourth-order valence-electron chi connectivity index (χ4n) is 3.26. The Kier molecular flexibility index (Phi) is 4.61. The number of aromatic nitrogens is 5. The average Bonchev–Trinajstić information content (AvgIpc) is 3.00. The predicted octanol–water partition coefficient (Wildman–Crippen LogP) is 2.75. The van der Waals surface area contributed by atoms with Crippen molar-refractivity contribution in [3.05, 3.63) is 59.2 Å². The number of hydrogen-bond donors (Lipinski definition) is 1. The van der Waals surface area contributed by atoms with Crippen LogP contribution in [0.5, 0.6) is 0 Å². The molecule has 0 saturated heterocycles. The van der Waals surface area contributed by atoms with Crippen LogP contribution in [-0.4, -0.2) is 35.9 Å². The van der Waals surface area contributed by atoms with Crippen molar-refractivity contribution in [3.63, 3.8) is 0 Å². The highest BCUT2D eigenvalue weighted by molar-refractivity contribution is 6.07. The molecule has 0 radical (unpaired) electrons. The number of rotatable bonds is 3. The lowest BCUT2D eigenvalue weighted by Gasteiger charge is -2.16. The molecule has 30 heavy (non-hydrogen) atoms. The SMILES string of the molecule is Cc1nn(C)c2c1cnc1ccc(C(=O)N(N)Cc3ccc(C(F)(F)F)nn3)cc12. The molecule has 0 spiro atoms. The van der Waals surface area contributed by atoms with Gasteiger partial charge < -0.3 is 0 Å². The average molecular weight is 415 g/mol. The van der Waals surface area contributed by atoms with Crippen molar-refractivity contribution < 1.29 is 18.0 Å². The number of fused-ring (bicyclic) bond motifs is 3. The molecule has 3 heterocycles. The minimum atomic E-state index is -4.58. The number of carbonyl (C=O) groups is 1. The van der Waals surface area contributed by atoms with E-state index in [9.17, 15) is 18.0 Å². The van der Waals surface area contributed by atoms with E-state index >= 15 is 0 Å². The summed E-state index contributed by atoms with van der Waals surface area (Å²) in [6.07, 6.45) is -2.85. The molecular weight excluding hydrogens is 399 g/mol. The molecule has 8 nitrogen and oxygen atoms in total. The van der Waals surface area contributed by atoms with Gasteiger partial charge >= 0.3 is 6.18 Å². The highest BCUT2D eigenvalue weighted by Crippen LogP contribution is 2.27. The van der Waals surface area contributed by atoms with E-state index in [2.05, 4.69) is 20.3 Å². The summed E-state index contributed by atoms with van der Waals surface area (Å²) in [6, 6.07) is 6.90. The summed E-state index contributed by atoms with van der Waals surface area (Å²) in [4.78, 5) is 17.2. The van der Waals surface area contributed by atoms with E-state index in [4.69, 9.17) is 5.84 Å². The van der Waals surface area contributed by atoms with Gasteiger partial charge in [-0.1, -0.05) is 0 Å². The zero-order valence-electron chi connectivity index (χ0n) is 16.0. The number of benzene rings is 1. The smallest absolute Gasteiger partial charge is 0.270 e. The van der Waals surface area contributed by atoms with Gasteiger partial charge in [-0.25, -0.2) is 5.84 Å². The van der Waals surface area contributed by atoms with Crippen LogP contribution in [0.25, 0.3) is 21.8 Å². The molecule has 154 valence electrons. The van der Waals surface area contributed by atoms with Crippen molar-refractivity contribution in [2.24, 2.45) is 12.9 Å². The maximum Gasteiger partial charge on any atom is 0.435 e. The number of aryl methyl sites for hydroxylation is 2. The number of pyridine rings is 1. The summed E-state index contributed by atoms with van der Waals surface area (Å²) in [6.45, 7) is 1.67. The number of hydrazine groups is 1. The fraction of sp³-hybridized carbons (Fsp3) is 0.211. The summed E-state index contributed by atoms with van der Waals surface area (Å²) in [5.41, 5.74) is 1.67. The van der Waals surface area contributed by atoms with Crippen LogP contribution in [0.1, 0.15) is 27.4 Å². The number of hydrogen-bond acceptors (Lipinski definition) is 6. The lowest BCUT2D eigenvalue weighted by molar-refractivity contribution is -0.141. The predicted molar refractivity (Wildman–Crippen MR) is 102 cm³/mol. The normalized spacial score (nSPS) is 11.9. The molecule has 0 bridgehead atoms. The topological polar surface area (TPSA) is 103 Å². The van der Waals surface area contributed by atoms with E-state index in [1.54, 1.807) is 29.1 Å². The molecule has 4 aromatic rings. The first-order chi connectivity index (χ1) is 14.1. The van der Waals surface area contributed by atoms with Crippen LogP contribution >= 0.6 is 0 Å². The third kappa shape index (κ3) is 3.43. The molecule has 1 amide bonds. The second kappa shape index (κ2) is 7.02. The van der Waals surface area contributed by atoms with Crippen molar-refractivity contribution in [1.29, 1.82) is 0 Å². The quantitative estimate of drug-likeness (QED) is 0.314. The van der Waals surface area contributed by atoms with Gasteiger partial charge in [-0.05, 0) is 37.3 Å². The molecule has 0 unspecified atom stereocenters. The van der Waals surface area contributed by atoms with E-state index < -0.39 is 17.8 Å². The molecule has 1 aromatic carbocycles. The summed E-state index contributed by atoms with van der Waals surface area (Å²) in [5, 5.41) is 13.5. The Labute approximate surface area is 168 Å². The Bertz CT molecular complexity index is 1270. The Morgan fingerprint density at radius 3 is 2.60 bits per heavy atom. The molecule has 0 saturated carbocycles. The maximum absolute atomic E-state index is 12.8. The Morgan fingerprint density at radius 2 is 1.93 bits per heavy atom. The van der Waals surface area contributed by atoms with Gasteiger partial charge in [0, 0.05) is 29.6 Å². The Morgan fingerprint density at radius 1 is 1.17 bits per heavy atom. The van der Waals surface area contributed by atoms with Crippen molar-refractivity contribution >= 4 is 27.7 Å². The van der Waals surface area contributed by atoms with Crippen LogP contribution < -0.4 is 5.84 Å². The van der Waals surface area contributed by atoms with E-state index in [1.807, 2.05) is 14.0 Å². The van der Waals surface area contributed by atoms with E-state index in [0.29, 0.717) is 11.1 Å². The molecule has 0 aliphatic rings. The first-order valence-corrected chi connectivity index (χ1v) is 8.83. The van der Waals surface area contributed by atoms with Gasteiger partial charge in [0.2, 0.25) is 0 Å². The van der Waals surface area contributed by atoms with E-state index in [1.165, 1.54) is 0 Å². The first-order valence-electron chi connectivity index (χ1n) is 8.83. The van der Waals surface area contributed by atoms with Gasteiger partial charge in [0.25, 0.3) is 5.91 Å². The standard InChI is InChI=1S/C19H16F3N7O/c1-10-14-8-24-15-5-3-11(7-13(15)17(14)28(2)27-10)18(30)29(23)9-12-4-6-16(26-25-12)19(20,21)22/h3-8H,9,23H2,1-2H3. The lowest BCUT2D eigenvalue weighted by Crippen LogP contribution is -2.37. The van der Waals surface area contributed by atoms with Gasteiger partial charge in [-0.15, -0.1) is 5.10 Å². The van der Waals surface area contributed by atoms with Crippen molar-refractivity contribution in [3.8, 4) is 0 Å². The molecule has 0 atom stereocenters. The number of halogens is 3. The van der Waals surface area contributed by atoms with Gasteiger partial charge in [0.1, 0.15) is 0 Å². The third-order valence-electron chi connectivity index (χ3n) is 4.70. The van der Waals surface area contributed by atoms with Crippen LogP contribution in [0.2, 0.25) is 0 Å². The monoisotopic (exact) mass is 415 g/mol. The number of amides is 1. The molecule has 4 rings (SSSR count). The van der Waals surface area contributed by atoms with Crippen molar-refractivity contribution in [2.75, 3.05) is 0 Å². The van der Waals surface area contributed by atoms with Crippen LogP contribution in [0.4, 0.5) is 13.2 Å². The molecule has 0 aliphatic heterocycles. The first kappa shape index (κ1) is 19.7. The molecule has 0 aliphatic carbocycles. The number of nitrogens with zero attached hydrogens (tertiary/aromatic N) is 6. The van der Waals surface area contributed by atoms with Crippen LogP contribution in [-0.2, 0) is 19.8 Å². The molecule has 11 heteroatoms. The minimum Gasteiger partial charge on any atom is -0.270 e. The number of alkyl halides is 3. The zero-order chi connectivity index (χ0) is 21.6. The molecule has 3 aromatic heterocycles. The second-order valence-corrected chi connectivity index (χ2v) is 6.80. The zero-order valence-corrected chi connectivity index (χ0v) is 16.0. The summed E-state index contributed by atoms with van der Waals surface area (Å²) < 4.78 is 39.5. The van der Waals surface area contributed by atoms with Gasteiger partial charge in [0.05, 0.1) is 29.0 Å². The second-order valence-electron chi connectivity index (χ2n) is 6.80.